The lowest BCUT2D eigenvalue weighted by atomic mass is 10.1. The average molecular weight is 273 g/mol. The van der Waals surface area contributed by atoms with Crippen LogP contribution in [0, 0.1) is 0 Å². The van der Waals surface area contributed by atoms with Crippen molar-refractivity contribution < 1.29 is 0 Å². The Kier molecular flexibility index (Phi) is 10.5. The lowest BCUT2D eigenvalue weighted by Gasteiger charge is -2.07. The van der Waals surface area contributed by atoms with Crippen LogP contribution in [0.5, 0.6) is 0 Å². The third-order valence-electron chi connectivity index (χ3n) is 3.31. The molecule has 0 aromatic carbocycles. The molecule has 0 fully saturated rings. The maximum atomic E-state index is 2.29. The second-order valence-electron chi connectivity index (χ2n) is 4.94. The molecule has 0 unspecified atom stereocenters. The molecule has 0 nitrogen and oxygen atoms in total. The van der Waals surface area contributed by atoms with Gasteiger partial charge in [0.15, 0.2) is 0 Å². The molecule has 0 saturated carbocycles. The first-order chi connectivity index (χ1) is 8.43. The van der Waals surface area contributed by atoms with E-state index in [2.05, 4.69) is 17.7 Å². The molecule has 0 atom stereocenters. The number of hydrogen-bond donors (Lipinski definition) is 0. The lowest BCUT2D eigenvalue weighted by Crippen LogP contribution is -1.91. The zero-order chi connectivity index (χ0) is 12.2. The lowest BCUT2D eigenvalue weighted by molar-refractivity contribution is 0.554. The summed E-state index contributed by atoms with van der Waals surface area (Å²) in [4.78, 5) is 0. The van der Waals surface area contributed by atoms with E-state index in [1.807, 2.05) is 23.5 Å². The van der Waals surface area contributed by atoms with Crippen molar-refractivity contribution in [2.24, 2.45) is 0 Å². The van der Waals surface area contributed by atoms with Crippen molar-refractivity contribution in [2.75, 3.05) is 0 Å². The molecule has 0 aromatic rings. The van der Waals surface area contributed by atoms with Gasteiger partial charge in [-0.15, -0.1) is 23.5 Å². The first kappa shape index (κ1) is 15.5. The van der Waals surface area contributed by atoms with Crippen LogP contribution in [0.3, 0.4) is 0 Å². The Hall–Kier alpha value is 0.440. The molecule has 0 spiro atoms. The Balaban J connectivity index is 1.69. The monoisotopic (exact) mass is 272 g/mol. The van der Waals surface area contributed by atoms with Gasteiger partial charge in [0.25, 0.3) is 0 Å². The van der Waals surface area contributed by atoms with Crippen molar-refractivity contribution in [2.45, 2.75) is 82.1 Å². The molecule has 1 aliphatic heterocycles. The normalized spacial score (nSPS) is 15.8. The topological polar surface area (TPSA) is 0 Å². The standard InChI is InChI=1S/C15H28S2/c1-2-3-4-5-6-7-8-9-10-11-12-15-16-13-14-17-15/h13-15H,2-12H2,1H3. The largest absolute Gasteiger partial charge is 0.119 e. The number of thioether (sulfide) groups is 2. The van der Waals surface area contributed by atoms with Crippen molar-refractivity contribution in [1.29, 1.82) is 0 Å². The molecule has 100 valence electrons. The second-order valence-corrected chi connectivity index (χ2v) is 7.47. The molecular weight excluding hydrogens is 244 g/mol. The Morgan fingerprint density at radius 3 is 1.71 bits per heavy atom. The minimum Gasteiger partial charge on any atom is -0.119 e. The molecule has 2 heteroatoms. The highest BCUT2D eigenvalue weighted by Crippen LogP contribution is 2.36. The van der Waals surface area contributed by atoms with E-state index >= 15 is 0 Å². The maximum Gasteiger partial charge on any atom is 0.0585 e. The fourth-order valence-electron chi connectivity index (χ4n) is 2.21. The Morgan fingerprint density at radius 2 is 1.18 bits per heavy atom. The summed E-state index contributed by atoms with van der Waals surface area (Å²) in [5.41, 5.74) is 0. The van der Waals surface area contributed by atoms with Gasteiger partial charge in [-0.3, -0.25) is 0 Å². The molecule has 0 bridgehead atoms. The van der Waals surface area contributed by atoms with Gasteiger partial charge in [-0.1, -0.05) is 71.1 Å². The van der Waals surface area contributed by atoms with Gasteiger partial charge in [0.1, 0.15) is 0 Å². The zero-order valence-corrected chi connectivity index (χ0v) is 13.0. The van der Waals surface area contributed by atoms with Crippen molar-refractivity contribution >= 4 is 23.5 Å². The highest BCUT2D eigenvalue weighted by atomic mass is 32.2. The fourth-order valence-corrected chi connectivity index (χ4v) is 4.32. The summed E-state index contributed by atoms with van der Waals surface area (Å²) in [6.07, 6.45) is 15.9. The summed E-state index contributed by atoms with van der Waals surface area (Å²) < 4.78 is 0.837. The zero-order valence-electron chi connectivity index (χ0n) is 11.3. The van der Waals surface area contributed by atoms with Crippen LogP contribution in [-0.2, 0) is 0 Å². The van der Waals surface area contributed by atoms with Gasteiger partial charge in [0.2, 0.25) is 0 Å². The van der Waals surface area contributed by atoms with E-state index in [-0.39, 0.29) is 0 Å². The van der Waals surface area contributed by atoms with Crippen LogP contribution in [0.25, 0.3) is 0 Å². The molecule has 17 heavy (non-hydrogen) atoms. The Labute approximate surface area is 116 Å². The van der Waals surface area contributed by atoms with Crippen molar-refractivity contribution in [3.63, 3.8) is 0 Å². The molecule has 1 rings (SSSR count). The van der Waals surface area contributed by atoms with E-state index in [1.54, 1.807) is 0 Å². The highest BCUT2D eigenvalue weighted by Gasteiger charge is 2.10. The first-order valence-electron chi connectivity index (χ1n) is 7.39. The van der Waals surface area contributed by atoms with Crippen LogP contribution in [-0.4, -0.2) is 4.58 Å². The first-order valence-corrected chi connectivity index (χ1v) is 9.28. The third-order valence-corrected chi connectivity index (χ3v) is 5.81. The molecule has 1 aliphatic rings. The molecule has 0 aromatic heterocycles. The smallest absolute Gasteiger partial charge is 0.0585 e. The van der Waals surface area contributed by atoms with Gasteiger partial charge in [-0.2, -0.15) is 0 Å². The molecular formula is C15H28S2. The fraction of sp³-hybridized carbons (Fsp3) is 0.867. The second kappa shape index (κ2) is 11.5. The summed E-state index contributed by atoms with van der Waals surface area (Å²) >= 11 is 4.01. The Morgan fingerprint density at radius 1 is 0.706 bits per heavy atom. The summed E-state index contributed by atoms with van der Waals surface area (Å²) in [5.74, 6) is 0. The minimum atomic E-state index is 0.837. The van der Waals surface area contributed by atoms with Gasteiger partial charge in [0, 0.05) is 0 Å². The van der Waals surface area contributed by atoms with Crippen molar-refractivity contribution in [1.82, 2.24) is 0 Å². The molecule has 1 heterocycles. The van der Waals surface area contributed by atoms with Crippen LogP contribution in [0.2, 0.25) is 0 Å². The van der Waals surface area contributed by atoms with Gasteiger partial charge in [-0.25, -0.2) is 0 Å². The summed E-state index contributed by atoms with van der Waals surface area (Å²) in [7, 11) is 0. The quantitative estimate of drug-likeness (QED) is 0.390. The van der Waals surface area contributed by atoms with Crippen LogP contribution in [0.1, 0.15) is 77.6 Å². The minimum absolute atomic E-state index is 0.837. The summed E-state index contributed by atoms with van der Waals surface area (Å²) in [6.45, 7) is 2.29. The summed E-state index contributed by atoms with van der Waals surface area (Å²) in [5, 5.41) is 4.48. The molecule has 0 aliphatic carbocycles. The molecule has 0 amide bonds. The molecule has 0 N–H and O–H groups in total. The average Bonchev–Trinajstić information content (AvgIpc) is 2.85. The van der Waals surface area contributed by atoms with E-state index in [9.17, 15) is 0 Å². The van der Waals surface area contributed by atoms with Crippen LogP contribution in [0.4, 0.5) is 0 Å². The SMILES string of the molecule is CCCCCCCCCCCCC1SC=CS1. The van der Waals surface area contributed by atoms with Crippen LogP contribution < -0.4 is 0 Å². The predicted octanol–water partition coefficient (Wildman–Crippen LogP) is 6.57. The van der Waals surface area contributed by atoms with Gasteiger partial charge in [-0.05, 0) is 17.2 Å². The van der Waals surface area contributed by atoms with E-state index in [0.717, 1.165) is 4.58 Å². The predicted molar refractivity (Wildman–Crippen MR) is 84.6 cm³/mol. The summed E-state index contributed by atoms with van der Waals surface area (Å²) in [6, 6.07) is 0. The van der Waals surface area contributed by atoms with E-state index < -0.39 is 0 Å². The number of hydrogen-bond acceptors (Lipinski definition) is 2. The van der Waals surface area contributed by atoms with Crippen molar-refractivity contribution in [3.8, 4) is 0 Å². The van der Waals surface area contributed by atoms with Gasteiger partial charge in [0.05, 0.1) is 4.58 Å². The van der Waals surface area contributed by atoms with Gasteiger partial charge >= 0.3 is 0 Å². The van der Waals surface area contributed by atoms with E-state index in [4.69, 9.17) is 0 Å². The van der Waals surface area contributed by atoms with Crippen LogP contribution in [0.15, 0.2) is 10.8 Å². The number of unbranched alkanes of at least 4 members (excludes halogenated alkanes) is 9. The van der Waals surface area contributed by atoms with E-state index in [0.29, 0.717) is 0 Å². The third kappa shape index (κ3) is 9.07. The molecule has 0 saturated heterocycles. The van der Waals surface area contributed by atoms with E-state index in [1.165, 1.54) is 70.6 Å². The Bertz CT molecular complexity index is 181. The molecule has 0 radical (unpaired) electrons. The van der Waals surface area contributed by atoms with Gasteiger partial charge < -0.3 is 0 Å². The maximum absolute atomic E-state index is 2.29. The highest BCUT2D eigenvalue weighted by molar-refractivity contribution is 8.22. The van der Waals surface area contributed by atoms with Crippen molar-refractivity contribution in [3.05, 3.63) is 10.8 Å². The van der Waals surface area contributed by atoms with Crippen LogP contribution >= 0.6 is 23.5 Å². The number of rotatable bonds is 11.